The molecule has 9 nitrogen and oxygen atoms in total. The van der Waals surface area contributed by atoms with Crippen LogP contribution < -0.4 is 0 Å². The molecule has 1 aromatic carbocycles. The fourth-order valence-electron chi connectivity index (χ4n) is 10.9. The van der Waals surface area contributed by atoms with Crippen molar-refractivity contribution in [3.8, 4) is 0 Å². The van der Waals surface area contributed by atoms with Gasteiger partial charge in [0, 0.05) is 24.0 Å². The normalized spacial score (nSPS) is 40.0. The molecule has 10 atom stereocenters. The van der Waals surface area contributed by atoms with Crippen molar-refractivity contribution in [2.75, 3.05) is 0 Å². The molecule has 1 aromatic rings. The van der Waals surface area contributed by atoms with E-state index in [9.17, 15) is 25.0 Å². The second-order valence-electron chi connectivity index (χ2n) is 15.6. The molecule has 0 radical (unpaired) electrons. The Hall–Kier alpha value is -2.55. The smallest absolute Gasteiger partial charge is 0.338 e. The Bertz CT molecular complexity index is 1270. The first-order valence-corrected chi connectivity index (χ1v) is 16.6. The highest BCUT2D eigenvalue weighted by atomic mass is 16.6. The number of hydrogen-bond acceptors (Lipinski definition) is 7. The second kappa shape index (κ2) is 10.8. The van der Waals surface area contributed by atoms with E-state index in [0.29, 0.717) is 30.1 Å². The molecular formula is C34H48N2O7. The molecule has 4 saturated carbocycles. The van der Waals surface area contributed by atoms with Crippen LogP contribution in [0.5, 0.6) is 0 Å². The predicted octanol–water partition coefficient (Wildman–Crippen LogP) is 8.28. The number of esters is 1. The van der Waals surface area contributed by atoms with E-state index in [0.717, 1.165) is 54.7 Å². The first-order valence-electron chi connectivity index (χ1n) is 16.6. The van der Waals surface area contributed by atoms with Gasteiger partial charge < -0.3 is 9.47 Å². The topological polar surface area (TPSA) is 125 Å². The maximum Gasteiger partial charge on any atom is 0.338 e. The van der Waals surface area contributed by atoms with Gasteiger partial charge in [-0.2, -0.15) is 0 Å². The summed E-state index contributed by atoms with van der Waals surface area (Å²) in [6.07, 6.45) is 12.4. The highest BCUT2D eigenvalue weighted by molar-refractivity contribution is 5.91. The molecule has 1 aliphatic heterocycles. The number of non-ortho nitro benzene ring substituents is 2. The third-order valence-corrected chi connectivity index (χ3v) is 13.1. The average molecular weight is 597 g/mol. The van der Waals surface area contributed by atoms with E-state index in [1.165, 1.54) is 44.9 Å². The van der Waals surface area contributed by atoms with Crippen molar-refractivity contribution in [2.24, 2.45) is 46.3 Å². The zero-order valence-electron chi connectivity index (χ0n) is 26.4. The molecule has 1 saturated heterocycles. The molecule has 5 aliphatic rings. The number of hydrogen-bond donors (Lipinski definition) is 0. The molecule has 9 heteroatoms. The minimum Gasteiger partial charge on any atom is -0.459 e. The summed E-state index contributed by atoms with van der Waals surface area (Å²) in [5, 5.41) is 22.6. The van der Waals surface area contributed by atoms with E-state index in [1.807, 2.05) is 0 Å². The Morgan fingerprint density at radius 3 is 2.33 bits per heavy atom. The van der Waals surface area contributed by atoms with Crippen LogP contribution in [0.15, 0.2) is 18.2 Å². The van der Waals surface area contributed by atoms with E-state index >= 15 is 0 Å². The van der Waals surface area contributed by atoms with E-state index < -0.39 is 27.2 Å². The summed E-state index contributed by atoms with van der Waals surface area (Å²) in [4.78, 5) is 34.3. The number of nitro benzene ring substituents is 2. The van der Waals surface area contributed by atoms with Gasteiger partial charge in [-0.1, -0.05) is 53.9 Å². The SMILES string of the molecule is CC(C)CCC[C@H](C)[C@H]1CC[C@H]2[C@@H]3C[C@@H]4O[C@@]45C[C@H](OC(=O)c4cc([N+](=O)[O-])cc([N+](=O)[O-])c4)CC[C@]5(C)[C@H]3CC[C@]12C. The van der Waals surface area contributed by atoms with Crippen LogP contribution in [0.3, 0.4) is 0 Å². The van der Waals surface area contributed by atoms with Gasteiger partial charge in [0.15, 0.2) is 0 Å². The second-order valence-corrected chi connectivity index (χ2v) is 15.6. The molecule has 0 unspecified atom stereocenters. The fraction of sp³-hybridized carbons (Fsp3) is 0.794. The van der Waals surface area contributed by atoms with E-state index in [4.69, 9.17) is 9.47 Å². The standard InChI is InChI=1S/C34H48N2O7/c1-20(2)7-6-8-21(3)27-9-10-28-26-18-30-34(43-30)19-25(11-14-33(34,5)29(26)12-13-32(27,28)4)42-31(37)22-15-23(35(38)39)17-24(16-22)36(40)41/h15-17,20-21,25-30H,6-14,18-19H2,1-5H3/t21-,25+,26-,27+,28-,29-,30-,32+,33+,34-/m0/s1. The van der Waals surface area contributed by atoms with Crippen molar-refractivity contribution in [1.82, 2.24) is 0 Å². The van der Waals surface area contributed by atoms with Gasteiger partial charge in [-0.25, -0.2) is 4.79 Å². The molecule has 0 N–H and O–H groups in total. The number of fused-ring (bicyclic) bond motifs is 4. The summed E-state index contributed by atoms with van der Waals surface area (Å²) < 4.78 is 12.5. The Balaban J connectivity index is 1.14. The highest BCUT2D eigenvalue weighted by Crippen LogP contribution is 2.74. The van der Waals surface area contributed by atoms with Crippen LogP contribution in [0, 0.1) is 66.6 Å². The molecule has 1 heterocycles. The number of carbonyl (C=O) groups is 1. The summed E-state index contributed by atoms with van der Waals surface area (Å²) >= 11 is 0. The van der Waals surface area contributed by atoms with Crippen LogP contribution in [-0.2, 0) is 9.47 Å². The molecule has 1 spiro atoms. The summed E-state index contributed by atoms with van der Waals surface area (Å²) in [7, 11) is 0. The third-order valence-electron chi connectivity index (χ3n) is 13.1. The number of benzene rings is 1. The van der Waals surface area contributed by atoms with Crippen molar-refractivity contribution < 1.29 is 24.1 Å². The fourth-order valence-corrected chi connectivity index (χ4v) is 10.9. The van der Waals surface area contributed by atoms with E-state index in [2.05, 4.69) is 34.6 Å². The minimum absolute atomic E-state index is 0.0378. The maximum absolute atomic E-state index is 13.1. The van der Waals surface area contributed by atoms with E-state index in [-0.39, 0.29) is 28.8 Å². The highest BCUT2D eigenvalue weighted by Gasteiger charge is 2.76. The number of ether oxygens (including phenoxy) is 2. The van der Waals surface area contributed by atoms with Crippen LogP contribution in [-0.4, -0.2) is 33.6 Å². The molecular weight excluding hydrogens is 548 g/mol. The molecule has 0 amide bonds. The summed E-state index contributed by atoms with van der Waals surface area (Å²) in [5.74, 6) is 3.65. The van der Waals surface area contributed by atoms with Gasteiger partial charge >= 0.3 is 5.97 Å². The minimum atomic E-state index is -0.754. The first-order chi connectivity index (χ1) is 20.3. The Labute approximate surface area is 254 Å². The average Bonchev–Trinajstić information content (AvgIpc) is 3.53. The number of carbonyl (C=O) groups excluding carboxylic acids is 1. The van der Waals surface area contributed by atoms with Gasteiger partial charge in [0.05, 0.1) is 27.6 Å². The maximum atomic E-state index is 13.1. The van der Waals surface area contributed by atoms with Crippen LogP contribution in [0.1, 0.15) is 116 Å². The summed E-state index contributed by atoms with van der Waals surface area (Å²) in [5.41, 5.74) is -0.994. The van der Waals surface area contributed by atoms with Gasteiger partial charge in [-0.15, -0.1) is 0 Å². The monoisotopic (exact) mass is 596 g/mol. The van der Waals surface area contributed by atoms with Gasteiger partial charge in [0.25, 0.3) is 11.4 Å². The van der Waals surface area contributed by atoms with Crippen LogP contribution in [0.25, 0.3) is 0 Å². The van der Waals surface area contributed by atoms with Crippen molar-refractivity contribution in [1.29, 1.82) is 0 Å². The zero-order valence-corrected chi connectivity index (χ0v) is 26.4. The van der Waals surface area contributed by atoms with Crippen molar-refractivity contribution in [3.05, 3.63) is 44.0 Å². The van der Waals surface area contributed by atoms with Gasteiger partial charge in [-0.05, 0) is 85.9 Å². The Morgan fingerprint density at radius 1 is 0.977 bits per heavy atom. The number of nitrogens with zero attached hydrogens (tertiary/aromatic N) is 2. The van der Waals surface area contributed by atoms with Gasteiger partial charge in [0.2, 0.25) is 0 Å². The van der Waals surface area contributed by atoms with Gasteiger partial charge in [0.1, 0.15) is 11.7 Å². The number of epoxide rings is 1. The molecule has 0 bridgehead atoms. The van der Waals surface area contributed by atoms with Gasteiger partial charge in [-0.3, -0.25) is 20.2 Å². The van der Waals surface area contributed by atoms with E-state index in [1.54, 1.807) is 0 Å². The lowest BCUT2D eigenvalue weighted by Crippen LogP contribution is -2.59. The lowest BCUT2D eigenvalue weighted by molar-refractivity contribution is -0.394. The number of nitro groups is 2. The van der Waals surface area contributed by atoms with Crippen molar-refractivity contribution in [2.45, 2.75) is 123 Å². The quantitative estimate of drug-likeness (QED) is 0.121. The number of rotatable bonds is 9. The molecule has 43 heavy (non-hydrogen) atoms. The van der Waals surface area contributed by atoms with Crippen LogP contribution in [0.2, 0.25) is 0 Å². The Morgan fingerprint density at radius 2 is 1.67 bits per heavy atom. The molecule has 4 aliphatic carbocycles. The van der Waals surface area contributed by atoms with Crippen LogP contribution in [0.4, 0.5) is 11.4 Å². The molecule has 5 fully saturated rings. The summed E-state index contributed by atoms with van der Waals surface area (Å²) in [6.45, 7) is 12.2. The van der Waals surface area contributed by atoms with Crippen LogP contribution >= 0.6 is 0 Å². The van der Waals surface area contributed by atoms with Crippen molar-refractivity contribution >= 4 is 17.3 Å². The lowest BCUT2D eigenvalue weighted by Gasteiger charge is -2.59. The Kier molecular flexibility index (Phi) is 7.66. The molecule has 0 aromatic heterocycles. The molecule has 6 rings (SSSR count). The first kappa shape index (κ1) is 30.5. The molecule has 236 valence electrons. The lowest BCUT2D eigenvalue weighted by atomic mass is 9.44. The zero-order chi connectivity index (χ0) is 30.9. The third kappa shape index (κ3) is 4.98. The van der Waals surface area contributed by atoms with Crippen molar-refractivity contribution in [3.63, 3.8) is 0 Å². The predicted molar refractivity (Wildman–Crippen MR) is 162 cm³/mol. The largest absolute Gasteiger partial charge is 0.459 e. The summed E-state index contributed by atoms with van der Waals surface area (Å²) in [6, 6.07) is 2.97.